The van der Waals surface area contributed by atoms with Crippen LogP contribution >= 0.6 is 27.7 Å². The third-order valence-electron chi connectivity index (χ3n) is 1.88. The Labute approximate surface area is 134 Å². The number of phosphoric acid groups is 2. The summed E-state index contributed by atoms with van der Waals surface area (Å²) in [6.45, 7) is 2.23. The molecule has 13 heteroatoms. The summed E-state index contributed by atoms with van der Waals surface area (Å²) in [7, 11) is -9.28. The quantitative estimate of drug-likeness (QED) is 0.101. The zero-order valence-electron chi connectivity index (χ0n) is 12.3. The van der Waals surface area contributed by atoms with Gasteiger partial charge < -0.3 is 29.4 Å². The van der Waals surface area contributed by atoms with Gasteiger partial charge in [0.1, 0.15) is 0 Å². The molecule has 0 atom stereocenters. The zero-order chi connectivity index (χ0) is 18.1. The van der Waals surface area contributed by atoms with Gasteiger partial charge in [0.25, 0.3) is 0 Å². The first-order chi connectivity index (χ1) is 9.91. The van der Waals surface area contributed by atoms with Crippen molar-refractivity contribution in [1.29, 1.82) is 0 Å². The van der Waals surface area contributed by atoms with Crippen LogP contribution in [0, 0.1) is 0 Å². The van der Waals surface area contributed by atoms with E-state index < -0.39 is 15.6 Å². The third-order valence-corrected chi connectivity index (χ3v) is 2.44. The summed E-state index contributed by atoms with van der Waals surface area (Å²) >= 11 is 1.13. The van der Waals surface area contributed by atoms with Crippen LogP contribution in [0.3, 0.4) is 0 Å². The van der Waals surface area contributed by atoms with Crippen molar-refractivity contribution >= 4 is 27.7 Å². The van der Waals surface area contributed by atoms with Crippen molar-refractivity contribution in [1.82, 2.24) is 0 Å². The molecule has 0 heterocycles. The summed E-state index contributed by atoms with van der Waals surface area (Å²) in [6.07, 6.45) is 9.16. The van der Waals surface area contributed by atoms with Gasteiger partial charge in [0.15, 0.2) is 0 Å². The van der Waals surface area contributed by atoms with E-state index in [0.717, 1.165) is 24.2 Å². The predicted molar refractivity (Wildman–Crippen MR) is 82.7 cm³/mol. The van der Waals surface area contributed by atoms with Gasteiger partial charge in [-0.1, -0.05) is 45.4 Å². The molecule has 138 valence electrons. The lowest BCUT2D eigenvalue weighted by molar-refractivity contribution is -0.116. The topological polar surface area (TPSA) is 185 Å². The lowest BCUT2D eigenvalue weighted by Gasteiger charge is -1.99. The highest BCUT2D eigenvalue weighted by atomic mass is 32.2. The summed E-state index contributed by atoms with van der Waals surface area (Å²) < 4.78 is 21.7. The molecule has 0 aliphatic rings. The van der Waals surface area contributed by atoms with Crippen LogP contribution in [0.15, 0.2) is 0 Å². The van der Waals surface area contributed by atoms with Crippen molar-refractivity contribution in [3.63, 3.8) is 0 Å². The minimum Gasteiger partial charge on any atom is -0.303 e. The van der Waals surface area contributed by atoms with Crippen molar-refractivity contribution < 1.29 is 48.1 Å². The third kappa shape index (κ3) is 86.4. The average molecular weight is 388 g/mol. The summed E-state index contributed by atoms with van der Waals surface area (Å²) in [6, 6.07) is 0. The maximum absolute atomic E-state index is 8.88. The van der Waals surface area contributed by atoms with Gasteiger partial charge in [0, 0.05) is 17.8 Å². The van der Waals surface area contributed by atoms with E-state index in [1.807, 2.05) is 0 Å². The molecule has 0 radical (unpaired) electrons. The summed E-state index contributed by atoms with van der Waals surface area (Å²) in [5, 5.41) is 8.00. The highest BCUT2D eigenvalue weighted by Crippen LogP contribution is 2.26. The zero-order valence-corrected chi connectivity index (χ0v) is 14.9. The molecule has 0 fully saturated rings. The molecule has 10 nitrogen and oxygen atoms in total. The van der Waals surface area contributed by atoms with Gasteiger partial charge in [-0.15, -0.1) is 0 Å². The van der Waals surface area contributed by atoms with Crippen molar-refractivity contribution in [3.05, 3.63) is 0 Å². The predicted octanol–water partition coefficient (Wildman–Crippen LogP) is 2.02. The molecule has 0 amide bonds. The van der Waals surface area contributed by atoms with Crippen LogP contribution in [0.1, 0.15) is 51.9 Å². The first kappa shape index (κ1) is 27.3. The van der Waals surface area contributed by atoms with Crippen LogP contribution in [-0.2, 0) is 13.5 Å². The molecule has 0 saturated carbocycles. The molecule has 0 aliphatic heterocycles. The van der Waals surface area contributed by atoms with E-state index in [-0.39, 0.29) is 0 Å². The lowest BCUT2D eigenvalue weighted by atomic mass is 10.1. The Morgan fingerprint density at radius 1 is 0.773 bits per heavy atom. The van der Waals surface area contributed by atoms with Crippen molar-refractivity contribution in [2.24, 2.45) is 0 Å². The summed E-state index contributed by atoms with van der Waals surface area (Å²) in [5.41, 5.74) is 0. The van der Waals surface area contributed by atoms with Gasteiger partial charge in [-0.2, -0.15) is 4.33 Å². The van der Waals surface area contributed by atoms with E-state index in [1.54, 1.807) is 0 Å². The average Bonchev–Trinajstić information content (AvgIpc) is 2.28. The SMILES string of the molecule is CCCCCCCCCSOO.O=P(O)(O)O.O=P(O)(O)O. The van der Waals surface area contributed by atoms with Gasteiger partial charge in [-0.05, 0) is 6.42 Å². The Morgan fingerprint density at radius 2 is 1.09 bits per heavy atom. The monoisotopic (exact) mass is 388 g/mol. The first-order valence-corrected chi connectivity index (χ1v) is 10.5. The Morgan fingerprint density at radius 3 is 1.41 bits per heavy atom. The van der Waals surface area contributed by atoms with Crippen LogP contribution in [0.4, 0.5) is 0 Å². The molecule has 0 aromatic carbocycles. The lowest BCUT2D eigenvalue weighted by Crippen LogP contribution is -1.82. The van der Waals surface area contributed by atoms with Gasteiger partial charge in [0.05, 0.1) is 0 Å². The second-order valence-corrected chi connectivity index (χ2v) is 6.89. The van der Waals surface area contributed by atoms with Crippen LogP contribution in [0.2, 0.25) is 0 Å². The minimum atomic E-state index is -4.64. The molecular formula is C9H26O10P2S. The van der Waals surface area contributed by atoms with Crippen molar-refractivity contribution in [3.8, 4) is 0 Å². The van der Waals surface area contributed by atoms with Gasteiger partial charge in [-0.25, -0.2) is 14.4 Å². The van der Waals surface area contributed by atoms with Gasteiger partial charge in [-0.3, -0.25) is 0 Å². The Kier molecular flexibility index (Phi) is 22.2. The maximum Gasteiger partial charge on any atom is 0.466 e. The molecule has 0 unspecified atom stereocenters. The Bertz CT molecular complexity index is 258. The fraction of sp³-hybridized carbons (Fsp3) is 1.00. The molecule has 0 bridgehead atoms. The van der Waals surface area contributed by atoms with Gasteiger partial charge in [0.2, 0.25) is 0 Å². The molecule has 0 aromatic rings. The molecule has 0 aromatic heterocycles. The highest BCUT2D eigenvalue weighted by Gasteiger charge is 2.00. The normalized spacial score (nSPS) is 11.1. The van der Waals surface area contributed by atoms with Crippen molar-refractivity contribution in [2.45, 2.75) is 51.9 Å². The Balaban J connectivity index is -0.000000298. The molecule has 22 heavy (non-hydrogen) atoms. The standard InChI is InChI=1S/C9H20O2S.2H3O4P/c1-2-3-4-5-6-7-8-9-12-11-10;2*1-5(2,3)4/h10H,2-9H2,1H3;2*(H3,1,2,3,4). The summed E-state index contributed by atoms with van der Waals surface area (Å²) in [5.74, 6) is 0.907. The van der Waals surface area contributed by atoms with E-state index in [9.17, 15) is 0 Å². The fourth-order valence-corrected chi connectivity index (χ4v) is 1.55. The van der Waals surface area contributed by atoms with Crippen LogP contribution in [-0.4, -0.2) is 40.4 Å². The smallest absolute Gasteiger partial charge is 0.303 e. The fourth-order valence-electron chi connectivity index (χ4n) is 1.16. The molecular weight excluding hydrogens is 362 g/mol. The van der Waals surface area contributed by atoms with Crippen LogP contribution in [0.25, 0.3) is 0 Å². The van der Waals surface area contributed by atoms with E-state index in [2.05, 4.69) is 11.3 Å². The second kappa shape index (κ2) is 17.8. The maximum atomic E-state index is 8.88. The molecule has 7 N–H and O–H groups in total. The van der Waals surface area contributed by atoms with E-state index in [4.69, 9.17) is 43.7 Å². The first-order valence-electron chi connectivity index (χ1n) is 6.41. The van der Waals surface area contributed by atoms with Crippen LogP contribution < -0.4 is 0 Å². The van der Waals surface area contributed by atoms with Crippen LogP contribution in [0.5, 0.6) is 0 Å². The molecule has 0 saturated heterocycles. The molecule has 0 rings (SSSR count). The molecule has 0 spiro atoms. The van der Waals surface area contributed by atoms with E-state index >= 15 is 0 Å². The van der Waals surface area contributed by atoms with Gasteiger partial charge >= 0.3 is 15.6 Å². The number of rotatable bonds is 9. The van der Waals surface area contributed by atoms with E-state index in [1.165, 1.54) is 38.5 Å². The molecule has 0 aliphatic carbocycles. The minimum absolute atomic E-state index is 0.907. The number of hydrogen-bond donors (Lipinski definition) is 7. The van der Waals surface area contributed by atoms with E-state index in [0.29, 0.717) is 0 Å². The largest absolute Gasteiger partial charge is 0.466 e. The van der Waals surface area contributed by atoms with Crippen molar-refractivity contribution in [2.75, 3.05) is 5.75 Å². The Hall–Kier alpha value is 0.490. The highest BCUT2D eigenvalue weighted by molar-refractivity contribution is 7.94. The number of hydrogen-bond acceptors (Lipinski definition) is 5. The summed E-state index contributed by atoms with van der Waals surface area (Å²) in [4.78, 5) is 43.1. The number of unbranched alkanes of at least 4 members (excludes halogenated alkanes) is 6. The second-order valence-electron chi connectivity index (χ2n) is 4.04.